The van der Waals surface area contributed by atoms with Gasteiger partial charge in [0.25, 0.3) is 0 Å². The fraction of sp³-hybridized carbons (Fsp3) is 0.435. The maximum atomic E-state index is 13.6. The number of hydrogen-bond acceptors (Lipinski definition) is 5. The second-order valence-corrected chi connectivity index (χ2v) is 9.61. The number of nitrogens with one attached hydrogen (secondary N) is 1. The molecule has 1 aliphatic rings. The Bertz CT molecular complexity index is 1020. The van der Waals surface area contributed by atoms with E-state index in [1.165, 1.54) is 30.7 Å². The monoisotopic (exact) mass is 446 g/mol. The third kappa shape index (κ3) is 5.37. The molecule has 8 heteroatoms. The van der Waals surface area contributed by atoms with Crippen LogP contribution in [0.2, 0.25) is 0 Å². The number of anilines is 1. The standard InChI is InChI=1S/C23H30N2O5S/c1-17-9-7-8-12-20(17)24-23(26)16-25(18-10-5-4-6-11-18)31(27,28)19-13-14-21(29-2)22(15-19)30-3/h7-9,12-15,18H,4-6,10-11,16H2,1-3H3,(H,24,26). The highest BCUT2D eigenvalue weighted by atomic mass is 32.2. The molecule has 3 rings (SSSR count). The molecule has 1 amide bonds. The Labute approximate surface area is 184 Å². The molecule has 1 N–H and O–H groups in total. The van der Waals surface area contributed by atoms with Crippen molar-refractivity contribution in [1.29, 1.82) is 0 Å². The number of benzene rings is 2. The summed E-state index contributed by atoms with van der Waals surface area (Å²) in [6, 6.07) is 11.7. The molecule has 0 aromatic heterocycles. The summed E-state index contributed by atoms with van der Waals surface area (Å²) in [5, 5.41) is 2.85. The van der Waals surface area contributed by atoms with E-state index in [0.717, 1.165) is 37.7 Å². The van der Waals surface area contributed by atoms with E-state index < -0.39 is 10.0 Å². The third-order valence-electron chi connectivity index (χ3n) is 5.66. The van der Waals surface area contributed by atoms with E-state index in [1.807, 2.05) is 25.1 Å². The van der Waals surface area contributed by atoms with Crippen molar-refractivity contribution in [3.8, 4) is 11.5 Å². The number of sulfonamides is 1. The van der Waals surface area contributed by atoms with Gasteiger partial charge in [0.15, 0.2) is 11.5 Å². The highest BCUT2D eigenvalue weighted by Gasteiger charge is 2.34. The van der Waals surface area contributed by atoms with Gasteiger partial charge in [-0.25, -0.2) is 8.42 Å². The van der Waals surface area contributed by atoms with Crippen molar-refractivity contribution in [1.82, 2.24) is 4.31 Å². The van der Waals surface area contributed by atoms with Crippen molar-refractivity contribution in [2.24, 2.45) is 0 Å². The van der Waals surface area contributed by atoms with Crippen LogP contribution in [0.4, 0.5) is 5.69 Å². The third-order valence-corrected chi connectivity index (χ3v) is 7.56. The van der Waals surface area contributed by atoms with Crippen LogP contribution in [0.15, 0.2) is 47.4 Å². The van der Waals surface area contributed by atoms with Gasteiger partial charge in [0.1, 0.15) is 0 Å². The van der Waals surface area contributed by atoms with Crippen molar-refractivity contribution < 1.29 is 22.7 Å². The fourth-order valence-corrected chi connectivity index (χ4v) is 5.59. The number of rotatable bonds is 8. The van der Waals surface area contributed by atoms with Gasteiger partial charge in [-0.1, -0.05) is 37.5 Å². The largest absolute Gasteiger partial charge is 0.493 e. The van der Waals surface area contributed by atoms with E-state index in [4.69, 9.17) is 9.47 Å². The number of carbonyl (C=O) groups is 1. The smallest absolute Gasteiger partial charge is 0.243 e. The molecule has 0 spiro atoms. The van der Waals surface area contributed by atoms with Gasteiger partial charge in [0.05, 0.1) is 25.7 Å². The molecule has 31 heavy (non-hydrogen) atoms. The van der Waals surface area contributed by atoms with Crippen molar-refractivity contribution in [2.75, 3.05) is 26.1 Å². The van der Waals surface area contributed by atoms with Gasteiger partial charge < -0.3 is 14.8 Å². The summed E-state index contributed by atoms with van der Waals surface area (Å²) < 4.78 is 39.1. The number of para-hydroxylation sites is 1. The number of amides is 1. The molecule has 0 unspecified atom stereocenters. The molecule has 0 radical (unpaired) electrons. The van der Waals surface area contributed by atoms with Gasteiger partial charge in [-0.05, 0) is 43.5 Å². The lowest BCUT2D eigenvalue weighted by molar-refractivity contribution is -0.116. The van der Waals surface area contributed by atoms with E-state index in [1.54, 1.807) is 12.1 Å². The topological polar surface area (TPSA) is 84.9 Å². The second kappa shape index (κ2) is 10.2. The molecule has 0 heterocycles. The lowest BCUT2D eigenvalue weighted by Gasteiger charge is -2.33. The highest BCUT2D eigenvalue weighted by molar-refractivity contribution is 7.89. The number of ether oxygens (including phenoxy) is 2. The summed E-state index contributed by atoms with van der Waals surface area (Å²) in [5.41, 5.74) is 1.60. The zero-order chi connectivity index (χ0) is 22.4. The second-order valence-electron chi connectivity index (χ2n) is 7.72. The summed E-state index contributed by atoms with van der Waals surface area (Å²) in [6.45, 7) is 1.66. The first-order valence-corrected chi connectivity index (χ1v) is 11.9. The van der Waals surface area contributed by atoms with Gasteiger partial charge in [0, 0.05) is 17.8 Å². The van der Waals surface area contributed by atoms with Crippen molar-refractivity contribution in [3.05, 3.63) is 48.0 Å². The molecule has 2 aromatic rings. The van der Waals surface area contributed by atoms with E-state index in [-0.39, 0.29) is 23.4 Å². The average molecular weight is 447 g/mol. The van der Waals surface area contributed by atoms with Gasteiger partial charge in [-0.15, -0.1) is 0 Å². The van der Waals surface area contributed by atoms with E-state index >= 15 is 0 Å². The van der Waals surface area contributed by atoms with Crippen LogP contribution in [0.25, 0.3) is 0 Å². The van der Waals surface area contributed by atoms with E-state index in [2.05, 4.69) is 5.32 Å². The predicted octanol–water partition coefficient (Wildman–Crippen LogP) is 3.97. The Morgan fingerprint density at radius 1 is 1.03 bits per heavy atom. The van der Waals surface area contributed by atoms with Gasteiger partial charge in [-0.2, -0.15) is 4.31 Å². The number of carbonyl (C=O) groups excluding carboxylic acids is 1. The lowest BCUT2D eigenvalue weighted by Crippen LogP contribution is -2.45. The SMILES string of the molecule is COc1ccc(S(=O)(=O)N(CC(=O)Nc2ccccc2C)C2CCCCC2)cc1OC. The fourth-order valence-electron chi connectivity index (χ4n) is 3.94. The molecule has 0 bridgehead atoms. The Hall–Kier alpha value is -2.58. The Morgan fingerprint density at radius 2 is 1.71 bits per heavy atom. The molecule has 2 aromatic carbocycles. The van der Waals surface area contributed by atoms with Gasteiger partial charge in [-0.3, -0.25) is 4.79 Å². The van der Waals surface area contributed by atoms with E-state index in [9.17, 15) is 13.2 Å². The molecule has 0 atom stereocenters. The Kier molecular flexibility index (Phi) is 7.56. The minimum atomic E-state index is -3.92. The molecule has 1 fully saturated rings. The summed E-state index contributed by atoms with van der Waals surface area (Å²) in [4.78, 5) is 12.9. The van der Waals surface area contributed by atoms with Crippen LogP contribution in [0.5, 0.6) is 11.5 Å². The number of nitrogens with zero attached hydrogens (tertiary/aromatic N) is 1. The summed E-state index contributed by atoms with van der Waals surface area (Å²) in [6.07, 6.45) is 4.45. The maximum absolute atomic E-state index is 13.6. The Balaban J connectivity index is 1.91. The van der Waals surface area contributed by atoms with Crippen LogP contribution in [0.1, 0.15) is 37.7 Å². The minimum Gasteiger partial charge on any atom is -0.493 e. The predicted molar refractivity (Wildman–Crippen MR) is 120 cm³/mol. The number of methoxy groups -OCH3 is 2. The highest BCUT2D eigenvalue weighted by Crippen LogP contribution is 2.33. The van der Waals surface area contributed by atoms with Crippen LogP contribution in [0.3, 0.4) is 0 Å². The van der Waals surface area contributed by atoms with Crippen LogP contribution < -0.4 is 14.8 Å². The number of hydrogen-bond donors (Lipinski definition) is 1. The molecule has 1 saturated carbocycles. The van der Waals surface area contributed by atoms with Crippen molar-refractivity contribution in [3.63, 3.8) is 0 Å². The van der Waals surface area contributed by atoms with Crippen LogP contribution >= 0.6 is 0 Å². The average Bonchev–Trinajstić information content (AvgIpc) is 2.79. The van der Waals surface area contributed by atoms with Crippen molar-refractivity contribution >= 4 is 21.6 Å². The number of aryl methyl sites for hydroxylation is 1. The molecule has 168 valence electrons. The zero-order valence-electron chi connectivity index (χ0n) is 18.3. The summed E-state index contributed by atoms with van der Waals surface area (Å²) in [5.74, 6) is 0.420. The Morgan fingerprint density at radius 3 is 2.35 bits per heavy atom. The molecular weight excluding hydrogens is 416 g/mol. The normalized spacial score (nSPS) is 15.0. The summed E-state index contributed by atoms with van der Waals surface area (Å²) in [7, 11) is -0.961. The van der Waals surface area contributed by atoms with E-state index in [0.29, 0.717) is 17.2 Å². The zero-order valence-corrected chi connectivity index (χ0v) is 19.1. The first-order chi connectivity index (χ1) is 14.9. The first kappa shape index (κ1) is 23.1. The summed E-state index contributed by atoms with van der Waals surface area (Å²) >= 11 is 0. The molecule has 7 nitrogen and oxygen atoms in total. The first-order valence-electron chi connectivity index (χ1n) is 10.5. The van der Waals surface area contributed by atoms with Gasteiger partial charge >= 0.3 is 0 Å². The quantitative estimate of drug-likeness (QED) is 0.663. The van der Waals surface area contributed by atoms with Gasteiger partial charge in [0.2, 0.25) is 15.9 Å². The van der Waals surface area contributed by atoms with Crippen LogP contribution in [-0.4, -0.2) is 45.4 Å². The molecule has 0 aliphatic heterocycles. The molecule has 0 saturated heterocycles. The minimum absolute atomic E-state index is 0.0828. The van der Waals surface area contributed by atoms with Crippen LogP contribution in [0, 0.1) is 6.92 Å². The lowest BCUT2D eigenvalue weighted by atomic mass is 9.95. The molecular formula is C23H30N2O5S. The van der Waals surface area contributed by atoms with Crippen LogP contribution in [-0.2, 0) is 14.8 Å². The molecule has 1 aliphatic carbocycles. The van der Waals surface area contributed by atoms with Crippen molar-refractivity contribution in [2.45, 2.75) is 50.0 Å². The maximum Gasteiger partial charge on any atom is 0.243 e.